The molecule has 0 aromatic heterocycles. The standard InChI is InChI=1S/C13H32N4/c1-6-7-8-9-10-11-12-13-14-16(4)17(5)15(2)3/h14H,6-13H2,1-5H3. The Bertz CT molecular complexity index is 161. The minimum absolute atomic E-state index is 1.06. The Kier molecular flexibility index (Phi) is 10.9. The van der Waals surface area contributed by atoms with Gasteiger partial charge in [0.25, 0.3) is 0 Å². The Morgan fingerprint density at radius 2 is 1.29 bits per heavy atom. The summed E-state index contributed by atoms with van der Waals surface area (Å²) in [6.45, 7) is 3.32. The summed E-state index contributed by atoms with van der Waals surface area (Å²) in [4.78, 5) is 0. The van der Waals surface area contributed by atoms with Crippen LogP contribution < -0.4 is 5.43 Å². The van der Waals surface area contributed by atoms with Gasteiger partial charge in [-0.15, -0.1) is 0 Å². The summed E-state index contributed by atoms with van der Waals surface area (Å²) in [5, 5.41) is 6.11. The van der Waals surface area contributed by atoms with Gasteiger partial charge in [-0.25, -0.2) is 10.4 Å². The van der Waals surface area contributed by atoms with Crippen molar-refractivity contribution in [1.29, 1.82) is 0 Å². The molecule has 0 unspecified atom stereocenters. The molecule has 0 saturated carbocycles. The van der Waals surface area contributed by atoms with Gasteiger partial charge in [0.15, 0.2) is 0 Å². The van der Waals surface area contributed by atoms with Crippen LogP contribution in [0.15, 0.2) is 0 Å². The second-order valence-corrected chi connectivity index (χ2v) is 4.89. The van der Waals surface area contributed by atoms with Crippen LogP contribution in [0.4, 0.5) is 0 Å². The predicted molar refractivity (Wildman–Crippen MR) is 75.2 cm³/mol. The molecule has 0 aliphatic rings. The summed E-state index contributed by atoms with van der Waals surface area (Å²) in [5.41, 5.74) is 3.38. The van der Waals surface area contributed by atoms with Crippen molar-refractivity contribution in [3.63, 3.8) is 0 Å². The van der Waals surface area contributed by atoms with Crippen LogP contribution in [0.2, 0.25) is 0 Å². The van der Waals surface area contributed by atoms with Crippen molar-refractivity contribution >= 4 is 0 Å². The number of hydrogen-bond acceptors (Lipinski definition) is 4. The molecule has 0 aromatic rings. The largest absolute Gasteiger partial charge is 0.240 e. The molecule has 0 spiro atoms. The molecule has 1 N–H and O–H groups in total. The topological polar surface area (TPSA) is 21.8 Å². The maximum atomic E-state index is 3.38. The van der Waals surface area contributed by atoms with E-state index in [1.807, 2.05) is 43.4 Å². The lowest BCUT2D eigenvalue weighted by Gasteiger charge is -2.33. The lowest BCUT2D eigenvalue weighted by atomic mass is 10.1. The van der Waals surface area contributed by atoms with E-state index in [1.54, 1.807) is 0 Å². The van der Waals surface area contributed by atoms with Gasteiger partial charge in [-0.2, -0.15) is 10.2 Å². The van der Waals surface area contributed by atoms with Gasteiger partial charge in [-0.1, -0.05) is 45.4 Å². The average Bonchev–Trinajstić information content (AvgIpc) is 2.31. The molecule has 0 aliphatic heterocycles. The molecule has 0 saturated heterocycles. The van der Waals surface area contributed by atoms with E-state index >= 15 is 0 Å². The first kappa shape index (κ1) is 16.8. The van der Waals surface area contributed by atoms with Crippen LogP contribution in [-0.4, -0.2) is 50.0 Å². The second-order valence-electron chi connectivity index (χ2n) is 4.89. The zero-order valence-corrected chi connectivity index (χ0v) is 12.5. The van der Waals surface area contributed by atoms with Gasteiger partial charge in [-0.3, -0.25) is 0 Å². The maximum absolute atomic E-state index is 3.38. The van der Waals surface area contributed by atoms with Crippen LogP contribution in [0.1, 0.15) is 51.9 Å². The van der Waals surface area contributed by atoms with Crippen LogP contribution in [0, 0.1) is 0 Å². The lowest BCUT2D eigenvalue weighted by molar-refractivity contribution is -0.154. The zero-order valence-electron chi connectivity index (χ0n) is 12.5. The first-order chi connectivity index (χ1) is 8.09. The van der Waals surface area contributed by atoms with Crippen molar-refractivity contribution in [2.45, 2.75) is 51.9 Å². The van der Waals surface area contributed by atoms with Crippen LogP contribution in [0.25, 0.3) is 0 Å². The number of nitrogens with zero attached hydrogens (tertiary/aromatic N) is 3. The molecule has 0 heterocycles. The van der Waals surface area contributed by atoms with E-state index in [0.717, 1.165) is 6.54 Å². The molecule has 0 radical (unpaired) electrons. The Labute approximate surface area is 108 Å². The van der Waals surface area contributed by atoms with E-state index in [1.165, 1.54) is 44.9 Å². The summed E-state index contributed by atoms with van der Waals surface area (Å²) in [5.74, 6) is 0. The SMILES string of the molecule is CCCCCCCCCNN(C)N(C)N(C)C. The molecule has 0 rings (SSSR count). The van der Waals surface area contributed by atoms with Crippen molar-refractivity contribution in [1.82, 2.24) is 20.7 Å². The highest BCUT2D eigenvalue weighted by molar-refractivity contribution is 4.47. The molecule has 0 aliphatic carbocycles. The highest BCUT2D eigenvalue weighted by atomic mass is 15.9. The van der Waals surface area contributed by atoms with Gasteiger partial charge >= 0.3 is 0 Å². The molecule has 17 heavy (non-hydrogen) atoms. The molecule has 0 aromatic carbocycles. The molecule has 4 nitrogen and oxygen atoms in total. The Hall–Kier alpha value is -0.160. The Balaban J connectivity index is 3.27. The second kappa shape index (κ2) is 11.0. The van der Waals surface area contributed by atoms with E-state index in [-0.39, 0.29) is 0 Å². The van der Waals surface area contributed by atoms with Crippen LogP contribution in [0.5, 0.6) is 0 Å². The summed E-state index contributed by atoms with van der Waals surface area (Å²) in [7, 11) is 8.15. The molecule has 0 bridgehead atoms. The van der Waals surface area contributed by atoms with Crippen molar-refractivity contribution in [2.24, 2.45) is 0 Å². The van der Waals surface area contributed by atoms with E-state index in [9.17, 15) is 0 Å². The first-order valence-corrected chi connectivity index (χ1v) is 6.97. The third kappa shape index (κ3) is 9.53. The number of rotatable bonds is 11. The van der Waals surface area contributed by atoms with Gasteiger partial charge in [0, 0.05) is 34.7 Å². The molecule has 0 fully saturated rings. The fourth-order valence-corrected chi connectivity index (χ4v) is 1.69. The molecular formula is C13H32N4. The van der Waals surface area contributed by atoms with Crippen molar-refractivity contribution in [3.8, 4) is 0 Å². The van der Waals surface area contributed by atoms with Gasteiger partial charge in [0.05, 0.1) is 0 Å². The van der Waals surface area contributed by atoms with Crippen LogP contribution in [-0.2, 0) is 0 Å². The monoisotopic (exact) mass is 244 g/mol. The van der Waals surface area contributed by atoms with Crippen LogP contribution >= 0.6 is 0 Å². The molecular weight excluding hydrogens is 212 g/mol. The first-order valence-electron chi connectivity index (χ1n) is 6.97. The van der Waals surface area contributed by atoms with Gasteiger partial charge in [0.2, 0.25) is 0 Å². The summed E-state index contributed by atoms with van der Waals surface area (Å²) in [6.07, 6.45) is 9.54. The normalized spacial score (nSPS) is 12.0. The molecule has 4 heteroatoms. The van der Waals surface area contributed by atoms with Crippen molar-refractivity contribution < 1.29 is 0 Å². The fourth-order valence-electron chi connectivity index (χ4n) is 1.69. The number of nitrogens with one attached hydrogen (secondary N) is 1. The number of hydrazine groups is 3. The minimum atomic E-state index is 1.06. The fraction of sp³-hybridized carbons (Fsp3) is 1.00. The van der Waals surface area contributed by atoms with E-state index < -0.39 is 0 Å². The van der Waals surface area contributed by atoms with E-state index in [4.69, 9.17) is 0 Å². The maximum Gasteiger partial charge on any atom is 0.0192 e. The smallest absolute Gasteiger partial charge is 0.0192 e. The molecule has 0 amide bonds. The summed E-state index contributed by atoms with van der Waals surface area (Å²) < 4.78 is 0. The van der Waals surface area contributed by atoms with E-state index in [0.29, 0.717) is 0 Å². The number of hydrogen-bond donors (Lipinski definition) is 1. The third-order valence-corrected chi connectivity index (χ3v) is 3.13. The van der Waals surface area contributed by atoms with Crippen molar-refractivity contribution in [2.75, 3.05) is 34.7 Å². The van der Waals surface area contributed by atoms with Gasteiger partial charge < -0.3 is 0 Å². The Morgan fingerprint density at radius 1 is 0.765 bits per heavy atom. The van der Waals surface area contributed by atoms with Crippen molar-refractivity contribution in [3.05, 3.63) is 0 Å². The predicted octanol–water partition coefficient (Wildman–Crippen LogP) is 2.50. The Morgan fingerprint density at radius 3 is 1.82 bits per heavy atom. The highest BCUT2D eigenvalue weighted by Gasteiger charge is 2.05. The summed E-state index contributed by atoms with van der Waals surface area (Å²) in [6, 6.07) is 0. The van der Waals surface area contributed by atoms with Crippen LogP contribution in [0.3, 0.4) is 0 Å². The highest BCUT2D eigenvalue weighted by Crippen LogP contribution is 2.06. The van der Waals surface area contributed by atoms with E-state index in [2.05, 4.69) is 12.3 Å². The minimum Gasteiger partial charge on any atom is -0.240 e. The third-order valence-electron chi connectivity index (χ3n) is 3.13. The zero-order chi connectivity index (χ0) is 13.1. The van der Waals surface area contributed by atoms with Gasteiger partial charge in [0.1, 0.15) is 0 Å². The summed E-state index contributed by atoms with van der Waals surface area (Å²) >= 11 is 0. The lowest BCUT2D eigenvalue weighted by Crippen LogP contribution is -2.52. The van der Waals surface area contributed by atoms with Gasteiger partial charge in [-0.05, 0) is 6.42 Å². The number of unbranched alkanes of at least 4 members (excludes halogenated alkanes) is 6. The molecule has 104 valence electrons. The molecule has 0 atom stereocenters. The average molecular weight is 244 g/mol. The quantitative estimate of drug-likeness (QED) is 0.445.